The number of carboxylic acid groups (broad SMARTS) is 1. The lowest BCUT2D eigenvalue weighted by Gasteiger charge is -2.45. The normalized spacial score (nSPS) is 18.3. The third kappa shape index (κ3) is 11.4. The molecular weight excluding hydrogens is 710 g/mol. The molecule has 10 nitrogen and oxygen atoms in total. The van der Waals surface area contributed by atoms with E-state index in [2.05, 4.69) is 39.9 Å². The molecule has 0 spiro atoms. The van der Waals surface area contributed by atoms with Crippen molar-refractivity contribution in [1.29, 1.82) is 0 Å². The molecule has 0 saturated carbocycles. The van der Waals surface area contributed by atoms with Crippen molar-refractivity contribution < 1.29 is 45.9 Å². The van der Waals surface area contributed by atoms with Crippen LogP contribution in [0.5, 0.6) is 0 Å². The topological polar surface area (TPSA) is 130 Å². The molecule has 2 aromatic carbocycles. The predicted octanol–water partition coefficient (Wildman–Crippen LogP) is 6.28. The number of aliphatic carboxylic acids is 1. The molecule has 2 N–H and O–H groups in total. The Bertz CT molecular complexity index is 1580. The number of likely N-dealkylation sites (N-methyl/N-ethyl adjacent to an activating group) is 1. The summed E-state index contributed by atoms with van der Waals surface area (Å²) in [6, 6.07) is 13.1. The van der Waals surface area contributed by atoms with E-state index in [1.54, 1.807) is 13.1 Å². The molecule has 1 aliphatic heterocycles. The summed E-state index contributed by atoms with van der Waals surface area (Å²) >= 11 is 0. The molecule has 2 atom stereocenters. The lowest BCUT2D eigenvalue weighted by molar-refractivity contribution is -0.923. The second-order valence-corrected chi connectivity index (χ2v) is 16.2. The number of sulfonamides is 1. The lowest BCUT2D eigenvalue weighted by atomic mass is 9.72. The van der Waals surface area contributed by atoms with Gasteiger partial charge in [0.2, 0.25) is 15.9 Å². The fraction of sp³-hybridized carbons (Fsp3) is 0.641. The van der Waals surface area contributed by atoms with Crippen LogP contribution in [-0.4, -0.2) is 99.3 Å². The van der Waals surface area contributed by atoms with Gasteiger partial charge in [-0.1, -0.05) is 51.7 Å². The van der Waals surface area contributed by atoms with E-state index in [1.165, 1.54) is 4.31 Å². The van der Waals surface area contributed by atoms with Crippen molar-refractivity contribution in [1.82, 2.24) is 4.31 Å². The minimum atomic E-state index is -5.19. The van der Waals surface area contributed by atoms with Crippen molar-refractivity contribution in [3.63, 3.8) is 0 Å². The number of halogens is 3. The molecule has 53 heavy (non-hydrogen) atoms. The minimum absolute atomic E-state index is 0.0287. The largest absolute Gasteiger partial charge is 0.542 e. The molecule has 0 aromatic heterocycles. The number of rotatable bonds is 17. The maximum atomic E-state index is 14.4. The van der Waals surface area contributed by atoms with E-state index >= 15 is 0 Å². The van der Waals surface area contributed by atoms with E-state index in [0.717, 1.165) is 80.4 Å². The molecule has 1 amide bonds. The average Bonchev–Trinajstić information content (AvgIpc) is 3.16. The summed E-state index contributed by atoms with van der Waals surface area (Å²) in [6.07, 6.45) is 0.617. The fourth-order valence-electron chi connectivity index (χ4n) is 7.32. The van der Waals surface area contributed by atoms with E-state index < -0.39 is 39.7 Å². The number of aliphatic hydroxyl groups is 1. The van der Waals surface area contributed by atoms with Gasteiger partial charge in [-0.3, -0.25) is 4.79 Å². The average molecular weight is 771 g/mol. The third-order valence-electron chi connectivity index (χ3n) is 11.0. The summed E-state index contributed by atoms with van der Waals surface area (Å²) < 4.78 is 62.9. The molecule has 14 heteroatoms. The highest BCUT2D eigenvalue weighted by Gasteiger charge is 2.53. The van der Waals surface area contributed by atoms with Gasteiger partial charge in [0.15, 0.2) is 0 Å². The maximum Gasteiger partial charge on any atom is 0.430 e. The first-order chi connectivity index (χ1) is 24.8. The molecule has 1 heterocycles. The van der Waals surface area contributed by atoms with E-state index in [1.807, 2.05) is 55.4 Å². The Morgan fingerprint density at radius 1 is 0.943 bits per heavy atom. The van der Waals surface area contributed by atoms with Crippen molar-refractivity contribution in [3.8, 4) is 0 Å². The van der Waals surface area contributed by atoms with Crippen molar-refractivity contribution in [3.05, 3.63) is 53.6 Å². The Kier molecular flexibility index (Phi) is 17.3. The van der Waals surface area contributed by atoms with Crippen LogP contribution in [0.3, 0.4) is 0 Å². The summed E-state index contributed by atoms with van der Waals surface area (Å²) in [5.41, 5.74) is 1.93. The second-order valence-electron chi connectivity index (χ2n) is 14.3. The SMILES string of the molecule is CCCCC1(CCCC)[C@H](O)[C@H](c2cccc(NC(=O)CCCC[N+](CC)(CC)CC)c2)c2cc(N(C)C)ccc2S(=O)(=O)N1C.O=C([O-])C(F)(F)F. The molecule has 0 unspecified atom stereocenters. The summed E-state index contributed by atoms with van der Waals surface area (Å²) in [7, 11) is 1.59. The Morgan fingerprint density at radius 2 is 1.51 bits per heavy atom. The molecule has 1 aliphatic rings. The quantitative estimate of drug-likeness (QED) is 0.143. The zero-order valence-electron chi connectivity index (χ0n) is 32.8. The number of hydrogen-bond acceptors (Lipinski definition) is 7. The Labute approximate surface area is 315 Å². The van der Waals surface area contributed by atoms with Crippen molar-refractivity contribution in [2.45, 2.75) is 121 Å². The molecular formula is C39H61F3N4O6S. The van der Waals surface area contributed by atoms with Gasteiger partial charge >= 0.3 is 6.18 Å². The smallest absolute Gasteiger partial charge is 0.430 e. The zero-order chi connectivity index (χ0) is 40.2. The molecule has 0 aliphatic carbocycles. The van der Waals surface area contributed by atoms with Crippen LogP contribution in [0.25, 0.3) is 0 Å². The second kappa shape index (κ2) is 19.9. The number of carbonyl (C=O) groups excluding carboxylic acids is 2. The van der Waals surface area contributed by atoms with Crippen LogP contribution in [0.2, 0.25) is 0 Å². The summed E-state index contributed by atoms with van der Waals surface area (Å²) in [5, 5.41) is 24.5. The summed E-state index contributed by atoms with van der Waals surface area (Å²) in [4.78, 5) is 24.0. The highest BCUT2D eigenvalue weighted by atomic mass is 32.2. The molecule has 0 fully saturated rings. The fourth-order valence-corrected chi connectivity index (χ4v) is 9.11. The molecule has 3 rings (SSSR count). The first kappa shape index (κ1) is 46.0. The number of amides is 1. The summed E-state index contributed by atoms with van der Waals surface area (Å²) in [6.45, 7) is 15.3. The van der Waals surface area contributed by atoms with Gasteiger partial charge in [-0.2, -0.15) is 17.5 Å². The predicted molar refractivity (Wildman–Crippen MR) is 202 cm³/mol. The van der Waals surface area contributed by atoms with Gasteiger partial charge in [0.1, 0.15) is 5.97 Å². The number of carbonyl (C=O) groups is 2. The van der Waals surface area contributed by atoms with Gasteiger partial charge in [-0.25, -0.2) is 8.42 Å². The van der Waals surface area contributed by atoms with E-state index in [-0.39, 0.29) is 10.8 Å². The van der Waals surface area contributed by atoms with Crippen LogP contribution in [0.4, 0.5) is 24.5 Å². The molecule has 2 aromatic rings. The highest BCUT2D eigenvalue weighted by Crippen LogP contribution is 2.48. The third-order valence-corrected chi connectivity index (χ3v) is 13.0. The number of aliphatic hydroxyl groups excluding tert-OH is 1. The number of unbranched alkanes of at least 4 members (excludes halogenated alkanes) is 3. The van der Waals surface area contributed by atoms with Crippen LogP contribution in [0.1, 0.15) is 109 Å². The first-order valence-electron chi connectivity index (χ1n) is 18.8. The Hall–Kier alpha value is -3.20. The van der Waals surface area contributed by atoms with E-state index in [9.17, 15) is 31.5 Å². The van der Waals surface area contributed by atoms with Crippen LogP contribution >= 0.6 is 0 Å². The van der Waals surface area contributed by atoms with Crippen LogP contribution in [-0.2, 0) is 19.6 Å². The number of benzene rings is 2. The van der Waals surface area contributed by atoms with Gasteiger partial charge < -0.3 is 29.7 Å². The standard InChI is InChI=1S/C37H60N4O4S.C2HF3O2/c1-9-14-24-37(25-15-10-2)36(43)35(32-28-31(39(6)7)22-23-33(32)46(44,45)40(37)8)29-19-18-20-30(27-29)38-34(42)21-16-17-26-41(11-3,12-4)13-5;3-2(4,5)1(6)7/h18-20,22-23,27-28,35-36,43H,9-17,21,24-26H2,1-8H3;(H,6,7)/t35-,36-;/m1./s1. The Morgan fingerprint density at radius 3 is 2.00 bits per heavy atom. The number of carboxylic acids is 1. The van der Waals surface area contributed by atoms with E-state index in [0.29, 0.717) is 30.5 Å². The van der Waals surface area contributed by atoms with Crippen LogP contribution in [0.15, 0.2) is 47.4 Å². The molecule has 0 radical (unpaired) electrons. The minimum Gasteiger partial charge on any atom is -0.542 e. The van der Waals surface area contributed by atoms with Crippen molar-refractivity contribution in [2.24, 2.45) is 0 Å². The van der Waals surface area contributed by atoms with Gasteiger partial charge in [-0.05, 0) is 87.9 Å². The Balaban J connectivity index is 0.00000126. The number of alkyl halides is 3. The number of hydrogen-bond donors (Lipinski definition) is 2. The molecule has 0 bridgehead atoms. The number of nitrogens with zero attached hydrogens (tertiary/aromatic N) is 3. The number of quaternary nitrogens is 1. The van der Waals surface area contributed by atoms with E-state index in [4.69, 9.17) is 9.90 Å². The van der Waals surface area contributed by atoms with Gasteiger partial charge in [0, 0.05) is 44.9 Å². The van der Waals surface area contributed by atoms with Crippen molar-refractivity contribution in [2.75, 3.05) is 57.5 Å². The molecule has 0 saturated heterocycles. The zero-order valence-corrected chi connectivity index (χ0v) is 33.6. The van der Waals surface area contributed by atoms with Crippen molar-refractivity contribution >= 4 is 33.3 Å². The van der Waals surface area contributed by atoms with Gasteiger partial charge in [0.25, 0.3) is 0 Å². The number of nitrogens with one attached hydrogen (secondary N) is 1. The molecule has 300 valence electrons. The number of fused-ring (bicyclic) bond motifs is 1. The van der Waals surface area contributed by atoms with Crippen LogP contribution in [0, 0.1) is 0 Å². The van der Waals surface area contributed by atoms with Gasteiger partial charge in [0.05, 0.1) is 42.7 Å². The maximum absolute atomic E-state index is 14.4. The van der Waals surface area contributed by atoms with Gasteiger partial charge in [-0.15, -0.1) is 0 Å². The number of anilines is 2. The highest BCUT2D eigenvalue weighted by molar-refractivity contribution is 7.89. The lowest BCUT2D eigenvalue weighted by Crippen LogP contribution is -2.57. The van der Waals surface area contributed by atoms with Crippen LogP contribution < -0.4 is 15.3 Å². The first-order valence-corrected chi connectivity index (χ1v) is 20.3. The monoisotopic (exact) mass is 770 g/mol. The summed E-state index contributed by atoms with van der Waals surface area (Å²) in [5.74, 6) is -3.64.